The zero-order chi connectivity index (χ0) is 16.2. The molecular weight excluding hydrogens is 274 g/mol. The molecule has 1 saturated heterocycles. The summed E-state index contributed by atoms with van der Waals surface area (Å²) >= 11 is 0. The zero-order valence-electron chi connectivity index (χ0n) is 13.0. The molecule has 0 spiro atoms. The number of carboxylic acids is 2. The van der Waals surface area contributed by atoms with Crippen molar-refractivity contribution in [3.63, 3.8) is 0 Å². The average Bonchev–Trinajstić information content (AvgIpc) is 2.66. The van der Waals surface area contributed by atoms with Gasteiger partial charge in [0.2, 0.25) is 5.91 Å². The van der Waals surface area contributed by atoms with Crippen LogP contribution < -0.4 is 0 Å². The Morgan fingerprint density at radius 3 is 2.00 bits per heavy atom. The molecular formula is C15H23NO5. The minimum Gasteiger partial charge on any atom is -0.481 e. The minimum absolute atomic E-state index is 0.0244. The number of amides is 1. The van der Waals surface area contributed by atoms with Crippen LogP contribution in [0.5, 0.6) is 0 Å². The Morgan fingerprint density at radius 1 is 1.10 bits per heavy atom. The van der Waals surface area contributed by atoms with E-state index in [1.165, 1.54) is 4.90 Å². The number of carbonyl (C=O) groups excluding carboxylic acids is 1. The van der Waals surface area contributed by atoms with E-state index < -0.39 is 28.2 Å². The molecule has 1 heterocycles. The van der Waals surface area contributed by atoms with E-state index in [1.807, 2.05) is 27.7 Å². The van der Waals surface area contributed by atoms with Crippen molar-refractivity contribution in [3.05, 3.63) is 0 Å². The molecule has 0 aromatic carbocycles. The predicted octanol–water partition coefficient (Wildman–Crippen LogP) is 1.45. The molecule has 0 aromatic rings. The van der Waals surface area contributed by atoms with Gasteiger partial charge in [0.1, 0.15) is 0 Å². The van der Waals surface area contributed by atoms with Crippen LogP contribution in [-0.2, 0) is 14.4 Å². The molecule has 1 saturated carbocycles. The van der Waals surface area contributed by atoms with Crippen LogP contribution in [0.3, 0.4) is 0 Å². The van der Waals surface area contributed by atoms with Crippen LogP contribution in [0.15, 0.2) is 0 Å². The molecule has 2 rings (SSSR count). The van der Waals surface area contributed by atoms with Crippen LogP contribution in [0.4, 0.5) is 0 Å². The average molecular weight is 297 g/mol. The van der Waals surface area contributed by atoms with Crippen molar-refractivity contribution >= 4 is 17.8 Å². The SMILES string of the molecule is CC1(C)C(C)(C)C1(C(=O)O)C(=O)N1CCC(CC(=O)O)C1. The summed E-state index contributed by atoms with van der Waals surface area (Å²) in [6, 6.07) is 0. The van der Waals surface area contributed by atoms with E-state index in [0.29, 0.717) is 19.5 Å². The first kappa shape index (κ1) is 15.8. The Kier molecular flexibility index (Phi) is 3.35. The van der Waals surface area contributed by atoms with Crippen LogP contribution in [0.25, 0.3) is 0 Å². The molecule has 118 valence electrons. The van der Waals surface area contributed by atoms with E-state index in [1.54, 1.807) is 0 Å². The van der Waals surface area contributed by atoms with Crippen molar-refractivity contribution in [3.8, 4) is 0 Å². The molecule has 2 N–H and O–H groups in total. The van der Waals surface area contributed by atoms with Gasteiger partial charge in [0, 0.05) is 19.5 Å². The summed E-state index contributed by atoms with van der Waals surface area (Å²) in [6.45, 7) is 8.02. The fourth-order valence-electron chi connectivity index (χ4n) is 4.14. The number of aliphatic carboxylic acids is 2. The monoisotopic (exact) mass is 297 g/mol. The van der Waals surface area contributed by atoms with Gasteiger partial charge in [-0.1, -0.05) is 27.7 Å². The van der Waals surface area contributed by atoms with Crippen LogP contribution in [0.2, 0.25) is 0 Å². The summed E-state index contributed by atoms with van der Waals surface area (Å²) in [4.78, 5) is 37.0. The second-order valence-electron chi connectivity index (χ2n) is 7.31. The van der Waals surface area contributed by atoms with Crippen molar-refractivity contribution < 1.29 is 24.6 Å². The molecule has 6 nitrogen and oxygen atoms in total. The van der Waals surface area contributed by atoms with Crippen LogP contribution in [-0.4, -0.2) is 46.0 Å². The number of nitrogens with zero attached hydrogens (tertiary/aromatic N) is 1. The van der Waals surface area contributed by atoms with Crippen LogP contribution in [0, 0.1) is 22.2 Å². The number of rotatable bonds is 4. The van der Waals surface area contributed by atoms with Gasteiger partial charge in [0.15, 0.2) is 5.41 Å². The first-order valence-electron chi connectivity index (χ1n) is 7.24. The Labute approximate surface area is 124 Å². The summed E-state index contributed by atoms with van der Waals surface area (Å²) in [5.41, 5.74) is -2.64. The summed E-state index contributed by atoms with van der Waals surface area (Å²) in [7, 11) is 0. The molecule has 1 aliphatic heterocycles. The first-order chi connectivity index (χ1) is 9.50. The Hall–Kier alpha value is -1.59. The lowest BCUT2D eigenvalue weighted by Gasteiger charge is -2.24. The third-order valence-electron chi connectivity index (χ3n) is 6.05. The van der Waals surface area contributed by atoms with Crippen molar-refractivity contribution in [2.45, 2.75) is 40.5 Å². The van der Waals surface area contributed by atoms with Gasteiger partial charge < -0.3 is 15.1 Å². The van der Waals surface area contributed by atoms with Gasteiger partial charge in [-0.2, -0.15) is 0 Å². The van der Waals surface area contributed by atoms with Crippen LogP contribution >= 0.6 is 0 Å². The third-order valence-corrected chi connectivity index (χ3v) is 6.05. The largest absolute Gasteiger partial charge is 0.481 e. The van der Waals surface area contributed by atoms with Gasteiger partial charge >= 0.3 is 11.9 Å². The standard InChI is InChI=1S/C15H23NO5/c1-13(2)14(3,4)15(13,12(20)21)11(19)16-6-5-9(8-16)7-10(17)18/h9H,5-8H2,1-4H3,(H,17,18)(H,20,21). The lowest BCUT2D eigenvalue weighted by Crippen LogP contribution is -2.43. The third kappa shape index (κ3) is 1.80. The first-order valence-corrected chi connectivity index (χ1v) is 7.24. The molecule has 2 aliphatic rings. The maximum absolute atomic E-state index is 12.8. The predicted molar refractivity (Wildman–Crippen MR) is 74.6 cm³/mol. The van der Waals surface area contributed by atoms with E-state index in [-0.39, 0.29) is 18.2 Å². The highest BCUT2D eigenvalue weighted by Crippen LogP contribution is 2.78. The molecule has 0 aromatic heterocycles. The topological polar surface area (TPSA) is 94.9 Å². The highest BCUT2D eigenvalue weighted by molar-refractivity contribution is 6.08. The van der Waals surface area contributed by atoms with E-state index in [0.717, 1.165) is 0 Å². The molecule has 1 atom stereocenters. The fourth-order valence-corrected chi connectivity index (χ4v) is 4.14. The molecule has 6 heteroatoms. The van der Waals surface area contributed by atoms with Gasteiger partial charge in [0.05, 0.1) is 0 Å². The Morgan fingerprint density at radius 2 is 1.62 bits per heavy atom. The highest BCUT2D eigenvalue weighted by Gasteiger charge is 2.86. The van der Waals surface area contributed by atoms with Gasteiger partial charge in [-0.15, -0.1) is 0 Å². The van der Waals surface area contributed by atoms with Crippen molar-refractivity contribution in [1.29, 1.82) is 0 Å². The molecule has 1 amide bonds. The quantitative estimate of drug-likeness (QED) is 0.766. The number of likely N-dealkylation sites (tertiary alicyclic amines) is 1. The van der Waals surface area contributed by atoms with Crippen LogP contribution in [0.1, 0.15) is 40.5 Å². The fraction of sp³-hybridized carbons (Fsp3) is 0.800. The summed E-state index contributed by atoms with van der Waals surface area (Å²) in [5.74, 6) is -2.40. The lowest BCUT2D eigenvalue weighted by molar-refractivity contribution is -0.156. The molecule has 1 aliphatic carbocycles. The molecule has 1 unspecified atom stereocenters. The number of hydrogen-bond acceptors (Lipinski definition) is 3. The van der Waals surface area contributed by atoms with Gasteiger partial charge in [-0.05, 0) is 23.2 Å². The van der Waals surface area contributed by atoms with E-state index in [2.05, 4.69) is 0 Å². The van der Waals surface area contributed by atoms with Gasteiger partial charge in [-0.3, -0.25) is 14.4 Å². The van der Waals surface area contributed by atoms with Gasteiger partial charge in [-0.25, -0.2) is 0 Å². The van der Waals surface area contributed by atoms with Crippen molar-refractivity contribution in [1.82, 2.24) is 4.90 Å². The summed E-state index contributed by atoms with van der Waals surface area (Å²) in [5, 5.41) is 18.5. The molecule has 2 fully saturated rings. The Bertz CT molecular complexity index is 494. The number of carbonyl (C=O) groups is 3. The van der Waals surface area contributed by atoms with E-state index in [9.17, 15) is 19.5 Å². The summed E-state index contributed by atoms with van der Waals surface area (Å²) in [6.07, 6.45) is 0.644. The molecule has 0 bridgehead atoms. The highest BCUT2D eigenvalue weighted by atomic mass is 16.4. The Balaban J connectivity index is 2.21. The van der Waals surface area contributed by atoms with Crippen molar-refractivity contribution in [2.75, 3.05) is 13.1 Å². The van der Waals surface area contributed by atoms with E-state index >= 15 is 0 Å². The smallest absolute Gasteiger partial charge is 0.320 e. The van der Waals surface area contributed by atoms with Gasteiger partial charge in [0.25, 0.3) is 0 Å². The lowest BCUT2D eigenvalue weighted by atomic mass is 9.93. The molecule has 21 heavy (non-hydrogen) atoms. The summed E-state index contributed by atoms with van der Waals surface area (Å²) < 4.78 is 0. The maximum atomic E-state index is 12.8. The van der Waals surface area contributed by atoms with Crippen molar-refractivity contribution in [2.24, 2.45) is 22.2 Å². The normalized spacial score (nSPS) is 28.2. The van der Waals surface area contributed by atoms with E-state index in [4.69, 9.17) is 5.11 Å². The second-order valence-corrected chi connectivity index (χ2v) is 7.31. The molecule has 0 radical (unpaired) electrons. The zero-order valence-corrected chi connectivity index (χ0v) is 13.0. The second kappa shape index (κ2) is 4.45. The maximum Gasteiger partial charge on any atom is 0.320 e. The number of carboxylic acid groups (broad SMARTS) is 2. The number of hydrogen-bond donors (Lipinski definition) is 2. The minimum atomic E-state index is -1.40.